The summed E-state index contributed by atoms with van der Waals surface area (Å²) in [6.07, 6.45) is 0. The summed E-state index contributed by atoms with van der Waals surface area (Å²) in [5.41, 5.74) is 1.84. The third-order valence-electron chi connectivity index (χ3n) is 3.22. The fraction of sp³-hybridized carbons (Fsp3) is 0.111. The Morgan fingerprint density at radius 1 is 1.22 bits per heavy atom. The molecule has 0 aliphatic carbocycles. The largest absolute Gasteiger partial charge is 0.482 e. The average molecular weight is 306 g/mol. The molecule has 0 radical (unpaired) electrons. The van der Waals surface area contributed by atoms with E-state index in [1.165, 1.54) is 0 Å². The van der Waals surface area contributed by atoms with Gasteiger partial charge in [-0.2, -0.15) is 0 Å². The van der Waals surface area contributed by atoms with Crippen molar-refractivity contribution in [2.24, 2.45) is 0 Å². The zero-order chi connectivity index (χ0) is 16.1. The zero-order valence-corrected chi connectivity index (χ0v) is 12.3. The van der Waals surface area contributed by atoms with Crippen LogP contribution in [0.1, 0.15) is 15.9 Å². The fourth-order valence-electron chi connectivity index (χ4n) is 2.12. The van der Waals surface area contributed by atoms with Crippen LogP contribution in [0.5, 0.6) is 5.75 Å². The molecule has 0 unspecified atom stereocenters. The molecule has 5 heteroatoms. The standard InChI is InChI=1S/C18H14N2O3/c21-17-12-23-16-9-8-14(11-15(16)20-17)18(22)19-10-4-7-13-5-2-1-3-6-13/h1-3,5-6,8-9,11H,10,12H2,(H,19,22)(H,20,21). The SMILES string of the molecule is O=C1COc2ccc(C(=O)NCC#Cc3ccccc3)cc2N1. The second kappa shape index (κ2) is 6.67. The van der Waals surface area contributed by atoms with Gasteiger partial charge in [-0.05, 0) is 30.3 Å². The molecule has 0 fully saturated rings. The first-order chi connectivity index (χ1) is 11.2. The average Bonchev–Trinajstić information content (AvgIpc) is 2.58. The van der Waals surface area contributed by atoms with Gasteiger partial charge in [0.05, 0.1) is 12.2 Å². The van der Waals surface area contributed by atoms with Crippen LogP contribution in [0.3, 0.4) is 0 Å². The van der Waals surface area contributed by atoms with E-state index in [1.54, 1.807) is 18.2 Å². The van der Waals surface area contributed by atoms with E-state index >= 15 is 0 Å². The molecule has 0 aromatic heterocycles. The third kappa shape index (κ3) is 3.69. The Bertz CT molecular complexity index is 804. The normalized spacial score (nSPS) is 12.1. The number of carbonyl (C=O) groups excluding carboxylic acids is 2. The predicted molar refractivity (Wildman–Crippen MR) is 86.2 cm³/mol. The van der Waals surface area contributed by atoms with E-state index in [4.69, 9.17) is 4.74 Å². The summed E-state index contributed by atoms with van der Waals surface area (Å²) in [5.74, 6) is 5.93. The van der Waals surface area contributed by atoms with Crippen molar-refractivity contribution in [1.82, 2.24) is 5.32 Å². The molecule has 0 atom stereocenters. The van der Waals surface area contributed by atoms with Crippen LogP contribution in [-0.4, -0.2) is 25.0 Å². The van der Waals surface area contributed by atoms with Gasteiger partial charge in [0.15, 0.2) is 6.61 Å². The molecule has 0 spiro atoms. The Hall–Kier alpha value is -3.26. The minimum absolute atomic E-state index is 0.00633. The van der Waals surface area contributed by atoms with Crippen LogP contribution < -0.4 is 15.4 Å². The summed E-state index contributed by atoms with van der Waals surface area (Å²) in [4.78, 5) is 23.4. The first kappa shape index (κ1) is 14.7. The van der Waals surface area contributed by atoms with Gasteiger partial charge in [0, 0.05) is 11.1 Å². The number of hydrogen-bond donors (Lipinski definition) is 2. The first-order valence-electron chi connectivity index (χ1n) is 7.11. The summed E-state index contributed by atoms with van der Waals surface area (Å²) in [7, 11) is 0. The molecule has 114 valence electrons. The summed E-state index contributed by atoms with van der Waals surface area (Å²) in [6.45, 7) is 0.237. The number of fused-ring (bicyclic) bond motifs is 1. The highest BCUT2D eigenvalue weighted by atomic mass is 16.5. The Morgan fingerprint density at radius 3 is 2.87 bits per heavy atom. The van der Waals surface area contributed by atoms with E-state index < -0.39 is 0 Å². The molecule has 1 aliphatic heterocycles. The second-order valence-corrected chi connectivity index (χ2v) is 4.90. The van der Waals surface area contributed by atoms with Gasteiger partial charge in [-0.25, -0.2) is 0 Å². The first-order valence-corrected chi connectivity index (χ1v) is 7.11. The zero-order valence-electron chi connectivity index (χ0n) is 12.3. The Morgan fingerprint density at radius 2 is 2.04 bits per heavy atom. The van der Waals surface area contributed by atoms with Gasteiger partial charge in [-0.15, -0.1) is 0 Å². The lowest BCUT2D eigenvalue weighted by Crippen LogP contribution is -2.27. The molecule has 2 aromatic rings. The fourth-order valence-corrected chi connectivity index (χ4v) is 2.12. The summed E-state index contributed by atoms with van der Waals surface area (Å²) in [6, 6.07) is 14.5. The quantitative estimate of drug-likeness (QED) is 0.831. The lowest BCUT2D eigenvalue weighted by atomic mass is 10.1. The molecule has 3 rings (SSSR count). The van der Waals surface area contributed by atoms with Crippen molar-refractivity contribution in [3.8, 4) is 17.6 Å². The van der Waals surface area contributed by atoms with E-state index in [0.717, 1.165) is 5.56 Å². The topological polar surface area (TPSA) is 67.4 Å². The third-order valence-corrected chi connectivity index (χ3v) is 3.22. The lowest BCUT2D eigenvalue weighted by Gasteiger charge is -2.18. The molecule has 2 aromatic carbocycles. The van der Waals surface area contributed by atoms with Crippen LogP contribution in [0.15, 0.2) is 48.5 Å². The van der Waals surface area contributed by atoms with Crippen molar-refractivity contribution >= 4 is 17.5 Å². The molecular weight excluding hydrogens is 292 g/mol. The number of amides is 2. The van der Waals surface area contributed by atoms with Gasteiger partial charge in [-0.1, -0.05) is 30.0 Å². The van der Waals surface area contributed by atoms with E-state index in [9.17, 15) is 9.59 Å². The number of carbonyl (C=O) groups is 2. The summed E-state index contributed by atoms with van der Waals surface area (Å²) >= 11 is 0. The van der Waals surface area contributed by atoms with E-state index in [2.05, 4.69) is 22.5 Å². The lowest BCUT2D eigenvalue weighted by molar-refractivity contribution is -0.118. The monoisotopic (exact) mass is 306 g/mol. The van der Waals surface area contributed by atoms with Gasteiger partial charge in [0.25, 0.3) is 11.8 Å². The summed E-state index contributed by atoms with van der Waals surface area (Å²) < 4.78 is 5.25. The van der Waals surface area contributed by atoms with Crippen molar-refractivity contribution in [2.75, 3.05) is 18.5 Å². The predicted octanol–water partition coefficient (Wildman–Crippen LogP) is 1.80. The van der Waals surface area contributed by atoms with Crippen LogP contribution in [-0.2, 0) is 4.79 Å². The van der Waals surface area contributed by atoms with Gasteiger partial charge in [0.2, 0.25) is 0 Å². The maximum absolute atomic E-state index is 12.1. The Kier molecular flexibility index (Phi) is 4.25. The highest BCUT2D eigenvalue weighted by Gasteiger charge is 2.17. The Labute approximate surface area is 133 Å². The van der Waals surface area contributed by atoms with Crippen LogP contribution in [0.4, 0.5) is 5.69 Å². The highest BCUT2D eigenvalue weighted by Crippen LogP contribution is 2.28. The molecule has 1 heterocycles. The van der Waals surface area contributed by atoms with Gasteiger partial charge in [-0.3, -0.25) is 9.59 Å². The molecule has 5 nitrogen and oxygen atoms in total. The Balaban J connectivity index is 1.62. The van der Waals surface area contributed by atoms with Crippen molar-refractivity contribution in [3.05, 3.63) is 59.7 Å². The number of ether oxygens (including phenoxy) is 1. The van der Waals surface area contributed by atoms with Crippen molar-refractivity contribution < 1.29 is 14.3 Å². The number of benzene rings is 2. The molecule has 0 saturated carbocycles. The smallest absolute Gasteiger partial charge is 0.262 e. The van der Waals surface area contributed by atoms with Gasteiger partial charge in [0.1, 0.15) is 5.75 Å². The maximum atomic E-state index is 12.1. The number of rotatable bonds is 2. The minimum Gasteiger partial charge on any atom is -0.482 e. The number of anilines is 1. The van der Waals surface area contributed by atoms with Crippen LogP contribution in [0, 0.1) is 11.8 Å². The van der Waals surface area contributed by atoms with E-state index in [-0.39, 0.29) is 25.0 Å². The minimum atomic E-state index is -0.255. The van der Waals surface area contributed by atoms with Crippen LogP contribution in [0.2, 0.25) is 0 Å². The molecular formula is C18H14N2O3. The van der Waals surface area contributed by atoms with Crippen molar-refractivity contribution in [1.29, 1.82) is 0 Å². The van der Waals surface area contributed by atoms with Gasteiger partial charge >= 0.3 is 0 Å². The van der Waals surface area contributed by atoms with Gasteiger partial charge < -0.3 is 15.4 Å². The molecule has 1 aliphatic rings. The highest BCUT2D eigenvalue weighted by molar-refractivity contribution is 5.99. The number of hydrogen-bond acceptors (Lipinski definition) is 3. The molecule has 2 amide bonds. The van der Waals surface area contributed by atoms with E-state index in [1.807, 2.05) is 30.3 Å². The van der Waals surface area contributed by atoms with Crippen LogP contribution in [0.25, 0.3) is 0 Å². The van der Waals surface area contributed by atoms with Crippen LogP contribution >= 0.6 is 0 Å². The van der Waals surface area contributed by atoms with E-state index in [0.29, 0.717) is 17.0 Å². The van der Waals surface area contributed by atoms with Crippen molar-refractivity contribution in [2.45, 2.75) is 0 Å². The summed E-state index contributed by atoms with van der Waals surface area (Å²) in [5, 5.41) is 5.39. The molecule has 23 heavy (non-hydrogen) atoms. The second-order valence-electron chi connectivity index (χ2n) is 4.90. The van der Waals surface area contributed by atoms with Crippen molar-refractivity contribution in [3.63, 3.8) is 0 Å². The molecule has 0 bridgehead atoms. The molecule has 2 N–H and O–H groups in total. The molecule has 0 saturated heterocycles. The maximum Gasteiger partial charge on any atom is 0.262 e. The number of nitrogens with one attached hydrogen (secondary N) is 2.